The van der Waals surface area contributed by atoms with Crippen LogP contribution in [0.3, 0.4) is 0 Å². The Labute approximate surface area is 183 Å². The fourth-order valence-electron chi connectivity index (χ4n) is 4.67. The summed E-state index contributed by atoms with van der Waals surface area (Å²) in [7, 11) is 0. The van der Waals surface area contributed by atoms with E-state index in [1.54, 1.807) is 35.2 Å². The lowest BCUT2D eigenvalue weighted by Crippen LogP contribution is -2.49. The van der Waals surface area contributed by atoms with E-state index in [0.717, 1.165) is 12.1 Å². The van der Waals surface area contributed by atoms with Crippen molar-refractivity contribution in [3.63, 3.8) is 0 Å². The predicted molar refractivity (Wildman–Crippen MR) is 116 cm³/mol. The van der Waals surface area contributed by atoms with Crippen LogP contribution in [0.25, 0.3) is 0 Å². The van der Waals surface area contributed by atoms with Crippen molar-refractivity contribution < 1.29 is 14.0 Å². The number of nitrogens with one attached hydrogen (secondary N) is 1. The molecular formula is C24H21FN4O3. The number of nitrogens with zero attached hydrogens (tertiary/aromatic N) is 3. The average molecular weight is 432 g/mol. The molecule has 0 unspecified atom stereocenters. The summed E-state index contributed by atoms with van der Waals surface area (Å²) in [6, 6.07) is 12.1. The molecule has 162 valence electrons. The number of aromatic nitrogens is 2. The van der Waals surface area contributed by atoms with Gasteiger partial charge in [0.25, 0.3) is 17.4 Å². The molecule has 2 bridgehead atoms. The van der Waals surface area contributed by atoms with Crippen LogP contribution < -0.4 is 10.9 Å². The quantitative estimate of drug-likeness (QED) is 0.690. The number of hydrogen-bond donors (Lipinski definition) is 1. The van der Waals surface area contributed by atoms with E-state index in [2.05, 4.69) is 10.3 Å². The average Bonchev–Trinajstić information content (AvgIpc) is 2.81. The van der Waals surface area contributed by atoms with E-state index in [1.807, 2.05) is 11.0 Å². The van der Waals surface area contributed by atoms with E-state index in [9.17, 15) is 18.8 Å². The minimum Gasteiger partial charge on any atom is -0.338 e. The molecule has 4 heterocycles. The van der Waals surface area contributed by atoms with E-state index in [-0.39, 0.29) is 34.6 Å². The van der Waals surface area contributed by atoms with Gasteiger partial charge in [-0.15, -0.1) is 0 Å². The summed E-state index contributed by atoms with van der Waals surface area (Å²) in [5.74, 6) is -0.739. The molecule has 3 aromatic rings. The maximum atomic E-state index is 13.1. The highest BCUT2D eigenvalue weighted by Gasteiger charge is 2.37. The molecule has 32 heavy (non-hydrogen) atoms. The van der Waals surface area contributed by atoms with Crippen LogP contribution >= 0.6 is 0 Å². The van der Waals surface area contributed by atoms with Gasteiger partial charge in [0.1, 0.15) is 11.5 Å². The van der Waals surface area contributed by atoms with Crippen LogP contribution in [0.15, 0.2) is 65.7 Å². The molecule has 0 saturated carbocycles. The number of anilines is 1. The zero-order valence-corrected chi connectivity index (χ0v) is 17.2. The van der Waals surface area contributed by atoms with Gasteiger partial charge in [-0.05, 0) is 60.9 Å². The van der Waals surface area contributed by atoms with Gasteiger partial charge < -0.3 is 14.8 Å². The third kappa shape index (κ3) is 3.68. The third-order valence-corrected chi connectivity index (χ3v) is 6.15. The first-order valence-corrected chi connectivity index (χ1v) is 10.5. The van der Waals surface area contributed by atoms with Crippen molar-refractivity contribution in [2.24, 2.45) is 5.92 Å². The van der Waals surface area contributed by atoms with Crippen molar-refractivity contribution in [3.05, 3.63) is 93.9 Å². The van der Waals surface area contributed by atoms with Crippen molar-refractivity contribution in [1.82, 2.24) is 14.5 Å². The van der Waals surface area contributed by atoms with E-state index in [4.69, 9.17) is 0 Å². The Balaban J connectivity index is 1.37. The van der Waals surface area contributed by atoms with E-state index in [1.165, 1.54) is 24.3 Å². The molecule has 8 heteroatoms. The summed E-state index contributed by atoms with van der Waals surface area (Å²) in [6.07, 6.45) is 4.12. The SMILES string of the molecule is O=C(Nc1ccc2n(c1=O)C[C@H]1C[C@@H]2CN(C(=O)c2cccnc2)C1)c1ccc(F)cc1. The van der Waals surface area contributed by atoms with Crippen LogP contribution in [0.5, 0.6) is 0 Å². The molecule has 2 atom stereocenters. The molecule has 2 aliphatic rings. The highest BCUT2D eigenvalue weighted by atomic mass is 19.1. The number of likely N-dealkylation sites (tertiary alicyclic amines) is 1. The van der Waals surface area contributed by atoms with Crippen molar-refractivity contribution in [1.29, 1.82) is 0 Å². The van der Waals surface area contributed by atoms with E-state index < -0.39 is 11.7 Å². The number of piperidine rings is 1. The number of rotatable bonds is 3. The van der Waals surface area contributed by atoms with Gasteiger partial charge in [0.05, 0.1) is 5.56 Å². The van der Waals surface area contributed by atoms with Crippen molar-refractivity contribution >= 4 is 17.5 Å². The zero-order valence-electron chi connectivity index (χ0n) is 17.2. The minimum atomic E-state index is -0.466. The maximum Gasteiger partial charge on any atom is 0.274 e. The third-order valence-electron chi connectivity index (χ3n) is 6.15. The van der Waals surface area contributed by atoms with Gasteiger partial charge >= 0.3 is 0 Å². The summed E-state index contributed by atoms with van der Waals surface area (Å²) in [5, 5.41) is 2.64. The van der Waals surface area contributed by atoms with Crippen molar-refractivity contribution in [2.75, 3.05) is 18.4 Å². The van der Waals surface area contributed by atoms with Crippen LogP contribution in [0.2, 0.25) is 0 Å². The summed E-state index contributed by atoms with van der Waals surface area (Å²) >= 11 is 0. The van der Waals surface area contributed by atoms with E-state index in [0.29, 0.717) is 25.2 Å². The van der Waals surface area contributed by atoms with Gasteiger partial charge in [-0.3, -0.25) is 19.4 Å². The Hall–Kier alpha value is -3.81. The lowest BCUT2D eigenvalue weighted by molar-refractivity contribution is 0.0594. The zero-order chi connectivity index (χ0) is 22.2. The minimum absolute atomic E-state index is 0.0493. The van der Waals surface area contributed by atoms with Gasteiger partial charge in [0.15, 0.2) is 0 Å². The predicted octanol–water partition coefficient (Wildman–Crippen LogP) is 2.89. The molecule has 1 fully saturated rings. The number of benzene rings is 1. The first kappa shape index (κ1) is 20.1. The summed E-state index contributed by atoms with van der Waals surface area (Å²) < 4.78 is 14.8. The largest absolute Gasteiger partial charge is 0.338 e. The molecule has 1 N–H and O–H groups in total. The Morgan fingerprint density at radius 2 is 1.81 bits per heavy atom. The molecule has 0 radical (unpaired) electrons. The number of carbonyl (C=O) groups excluding carboxylic acids is 2. The highest BCUT2D eigenvalue weighted by molar-refractivity contribution is 6.04. The van der Waals surface area contributed by atoms with Crippen LogP contribution in [0.1, 0.15) is 38.7 Å². The van der Waals surface area contributed by atoms with Crippen LogP contribution in [-0.2, 0) is 6.54 Å². The van der Waals surface area contributed by atoms with Gasteiger partial charge in [-0.2, -0.15) is 0 Å². The highest BCUT2D eigenvalue weighted by Crippen LogP contribution is 2.36. The van der Waals surface area contributed by atoms with Crippen LogP contribution in [0.4, 0.5) is 10.1 Å². The molecule has 2 aliphatic heterocycles. The first-order valence-electron chi connectivity index (χ1n) is 10.5. The second-order valence-electron chi connectivity index (χ2n) is 8.30. The van der Waals surface area contributed by atoms with E-state index >= 15 is 0 Å². The summed E-state index contributed by atoms with van der Waals surface area (Å²) in [6.45, 7) is 1.59. The smallest absolute Gasteiger partial charge is 0.274 e. The van der Waals surface area contributed by atoms with Gasteiger partial charge in [0, 0.05) is 49.2 Å². The standard InChI is InChI=1S/C24H21FN4O3/c25-19-5-3-16(4-6-19)22(30)27-20-7-8-21-18-10-15(13-29(21)24(20)32)12-28(14-18)23(31)17-2-1-9-26-11-17/h1-9,11,15,18H,10,12-14H2,(H,27,30)/t15-,18+/m0/s1. The molecule has 0 spiro atoms. The monoisotopic (exact) mass is 432 g/mol. The molecule has 1 saturated heterocycles. The molecule has 1 aromatic carbocycles. The fourth-order valence-corrected chi connectivity index (χ4v) is 4.67. The second kappa shape index (κ2) is 8.03. The number of halogens is 1. The summed E-state index contributed by atoms with van der Waals surface area (Å²) in [4.78, 5) is 44.3. The van der Waals surface area contributed by atoms with Gasteiger partial charge in [-0.1, -0.05) is 0 Å². The number of carbonyl (C=O) groups is 2. The number of fused-ring (bicyclic) bond motifs is 4. The normalized spacial score (nSPS) is 19.2. The molecule has 2 aromatic heterocycles. The molecular weight excluding hydrogens is 411 g/mol. The summed E-state index contributed by atoms with van der Waals surface area (Å²) in [5.41, 5.74) is 1.62. The first-order chi connectivity index (χ1) is 15.5. The molecule has 0 aliphatic carbocycles. The Morgan fingerprint density at radius 3 is 2.56 bits per heavy atom. The van der Waals surface area contributed by atoms with Crippen molar-refractivity contribution in [3.8, 4) is 0 Å². The Kier molecular flexibility index (Phi) is 5.05. The van der Waals surface area contributed by atoms with Crippen molar-refractivity contribution in [2.45, 2.75) is 18.9 Å². The number of pyridine rings is 2. The maximum absolute atomic E-state index is 13.1. The molecule has 7 nitrogen and oxygen atoms in total. The lowest BCUT2D eigenvalue weighted by Gasteiger charge is -2.42. The Morgan fingerprint density at radius 1 is 1.00 bits per heavy atom. The molecule has 5 rings (SSSR count). The van der Waals surface area contributed by atoms with Gasteiger partial charge in [-0.25, -0.2) is 4.39 Å². The topological polar surface area (TPSA) is 84.3 Å². The number of amides is 2. The Bertz CT molecular complexity index is 1240. The van der Waals surface area contributed by atoms with Crippen LogP contribution in [0, 0.1) is 11.7 Å². The van der Waals surface area contributed by atoms with Crippen LogP contribution in [-0.4, -0.2) is 39.4 Å². The second-order valence-corrected chi connectivity index (χ2v) is 8.30. The molecule has 2 amide bonds. The van der Waals surface area contributed by atoms with Gasteiger partial charge in [0.2, 0.25) is 0 Å². The number of hydrogen-bond acceptors (Lipinski definition) is 4. The lowest BCUT2D eigenvalue weighted by atomic mass is 9.83. The fraction of sp³-hybridized carbons (Fsp3) is 0.250.